The van der Waals surface area contributed by atoms with E-state index in [-0.39, 0.29) is 5.91 Å². The smallest absolute Gasteiger partial charge is 0.254 e. The Morgan fingerprint density at radius 1 is 1.04 bits per heavy atom. The molecular formula is C20H23NO3. The minimum Gasteiger partial charge on any atom is -0.497 e. The molecule has 1 fully saturated rings. The first kappa shape index (κ1) is 16.4. The van der Waals surface area contributed by atoms with E-state index in [1.807, 2.05) is 60.4 Å². The Labute approximate surface area is 143 Å². The van der Waals surface area contributed by atoms with Crippen LogP contribution in [-0.4, -0.2) is 30.6 Å². The minimum atomic E-state index is 0.0800. The zero-order chi connectivity index (χ0) is 16.9. The van der Waals surface area contributed by atoms with Gasteiger partial charge in [-0.15, -0.1) is 0 Å². The van der Waals surface area contributed by atoms with E-state index in [2.05, 4.69) is 0 Å². The van der Waals surface area contributed by atoms with Gasteiger partial charge in [0.1, 0.15) is 11.5 Å². The van der Waals surface area contributed by atoms with Crippen LogP contribution >= 0.6 is 0 Å². The van der Waals surface area contributed by atoms with Crippen LogP contribution in [0.2, 0.25) is 0 Å². The van der Waals surface area contributed by atoms with Crippen molar-refractivity contribution in [2.24, 2.45) is 0 Å². The molecule has 126 valence electrons. The van der Waals surface area contributed by atoms with Gasteiger partial charge in [0.15, 0.2) is 0 Å². The van der Waals surface area contributed by atoms with Crippen LogP contribution in [0.4, 0.5) is 0 Å². The molecule has 0 heterocycles. The first-order valence-corrected chi connectivity index (χ1v) is 8.38. The fourth-order valence-electron chi connectivity index (χ4n) is 2.71. The highest BCUT2D eigenvalue weighted by molar-refractivity contribution is 5.94. The average molecular weight is 325 g/mol. The number of hydrogen-bond acceptors (Lipinski definition) is 3. The van der Waals surface area contributed by atoms with E-state index in [4.69, 9.17) is 9.47 Å². The molecule has 0 spiro atoms. The lowest BCUT2D eigenvalue weighted by molar-refractivity contribution is 0.0730. The Kier molecular flexibility index (Phi) is 5.04. The second kappa shape index (κ2) is 7.39. The molecule has 2 aromatic rings. The van der Waals surface area contributed by atoms with E-state index >= 15 is 0 Å². The third-order valence-electron chi connectivity index (χ3n) is 4.17. The summed E-state index contributed by atoms with van der Waals surface area (Å²) in [5, 5.41) is 0. The van der Waals surface area contributed by atoms with Crippen molar-refractivity contribution in [3.8, 4) is 11.5 Å². The molecule has 4 heteroatoms. The summed E-state index contributed by atoms with van der Waals surface area (Å²) < 4.78 is 10.6. The summed E-state index contributed by atoms with van der Waals surface area (Å²) in [6, 6.07) is 15.6. The largest absolute Gasteiger partial charge is 0.497 e. The molecule has 1 amide bonds. The van der Waals surface area contributed by atoms with E-state index in [0.717, 1.165) is 29.9 Å². The summed E-state index contributed by atoms with van der Waals surface area (Å²) in [6.45, 7) is 3.20. The maximum absolute atomic E-state index is 12.9. The van der Waals surface area contributed by atoms with E-state index in [9.17, 15) is 4.79 Å². The molecule has 0 N–H and O–H groups in total. The van der Waals surface area contributed by atoms with Gasteiger partial charge in [-0.3, -0.25) is 4.79 Å². The minimum absolute atomic E-state index is 0.0800. The second-order valence-corrected chi connectivity index (χ2v) is 5.97. The summed E-state index contributed by atoms with van der Waals surface area (Å²) in [7, 11) is 1.65. The van der Waals surface area contributed by atoms with Crippen LogP contribution in [0.25, 0.3) is 0 Å². The van der Waals surface area contributed by atoms with E-state index in [0.29, 0.717) is 24.8 Å². The molecule has 24 heavy (non-hydrogen) atoms. The Morgan fingerprint density at radius 2 is 1.67 bits per heavy atom. The van der Waals surface area contributed by atoms with Gasteiger partial charge in [-0.1, -0.05) is 12.1 Å². The number of amides is 1. The number of nitrogens with zero attached hydrogens (tertiary/aromatic N) is 1. The standard InChI is InChI=1S/C20H23NO3/c1-3-24-19-12-6-16(7-13-19)20(22)21(17-8-9-17)14-15-4-10-18(23-2)11-5-15/h4-7,10-13,17H,3,8-9,14H2,1-2H3. The molecule has 0 aliphatic heterocycles. The maximum atomic E-state index is 12.9. The van der Waals surface area contributed by atoms with Gasteiger partial charge in [0.05, 0.1) is 13.7 Å². The van der Waals surface area contributed by atoms with Gasteiger partial charge >= 0.3 is 0 Å². The molecule has 0 radical (unpaired) electrons. The molecule has 0 atom stereocenters. The van der Waals surface area contributed by atoms with Crippen molar-refractivity contribution in [1.29, 1.82) is 0 Å². The number of benzene rings is 2. The van der Waals surface area contributed by atoms with Crippen LogP contribution < -0.4 is 9.47 Å². The molecule has 0 saturated heterocycles. The Morgan fingerprint density at radius 3 is 2.21 bits per heavy atom. The van der Waals surface area contributed by atoms with Gasteiger partial charge in [0, 0.05) is 18.2 Å². The highest BCUT2D eigenvalue weighted by Crippen LogP contribution is 2.30. The molecule has 1 aliphatic rings. The fourth-order valence-corrected chi connectivity index (χ4v) is 2.71. The van der Waals surface area contributed by atoms with Gasteiger partial charge in [0.25, 0.3) is 5.91 Å². The molecule has 0 bridgehead atoms. The molecule has 3 rings (SSSR count). The molecular weight excluding hydrogens is 302 g/mol. The monoisotopic (exact) mass is 325 g/mol. The van der Waals surface area contributed by atoms with Gasteiger partial charge in [-0.25, -0.2) is 0 Å². The lowest BCUT2D eigenvalue weighted by Gasteiger charge is -2.23. The number of hydrogen-bond donors (Lipinski definition) is 0. The third-order valence-corrected chi connectivity index (χ3v) is 4.17. The number of rotatable bonds is 7. The van der Waals surface area contributed by atoms with Crippen molar-refractivity contribution in [3.63, 3.8) is 0 Å². The second-order valence-electron chi connectivity index (χ2n) is 5.97. The first-order valence-electron chi connectivity index (χ1n) is 8.38. The van der Waals surface area contributed by atoms with E-state index < -0.39 is 0 Å². The first-order chi connectivity index (χ1) is 11.7. The molecule has 0 unspecified atom stereocenters. The van der Waals surface area contributed by atoms with Crippen LogP contribution in [0.1, 0.15) is 35.7 Å². The van der Waals surface area contributed by atoms with Crippen molar-refractivity contribution in [1.82, 2.24) is 4.90 Å². The van der Waals surface area contributed by atoms with Crippen LogP contribution in [0.3, 0.4) is 0 Å². The van der Waals surface area contributed by atoms with Gasteiger partial charge in [-0.2, -0.15) is 0 Å². The summed E-state index contributed by atoms with van der Waals surface area (Å²) in [4.78, 5) is 14.9. The predicted molar refractivity (Wildman–Crippen MR) is 93.5 cm³/mol. The van der Waals surface area contributed by atoms with Crippen molar-refractivity contribution in [2.45, 2.75) is 32.4 Å². The van der Waals surface area contributed by atoms with E-state index in [1.54, 1.807) is 7.11 Å². The number of carbonyl (C=O) groups excluding carboxylic acids is 1. The lowest BCUT2D eigenvalue weighted by Crippen LogP contribution is -2.32. The van der Waals surface area contributed by atoms with Gasteiger partial charge < -0.3 is 14.4 Å². The lowest BCUT2D eigenvalue weighted by atomic mass is 10.1. The van der Waals surface area contributed by atoms with Gasteiger partial charge in [-0.05, 0) is 61.7 Å². The van der Waals surface area contributed by atoms with Crippen molar-refractivity contribution < 1.29 is 14.3 Å². The molecule has 4 nitrogen and oxygen atoms in total. The summed E-state index contributed by atoms with van der Waals surface area (Å²) in [5.41, 5.74) is 1.82. The molecule has 2 aromatic carbocycles. The molecule has 1 aliphatic carbocycles. The normalized spacial score (nSPS) is 13.4. The zero-order valence-electron chi connectivity index (χ0n) is 14.2. The fraction of sp³-hybridized carbons (Fsp3) is 0.350. The summed E-state index contributed by atoms with van der Waals surface area (Å²) in [6.07, 6.45) is 2.16. The SMILES string of the molecule is CCOc1ccc(C(=O)N(Cc2ccc(OC)cc2)C2CC2)cc1. The quantitative estimate of drug-likeness (QED) is 0.775. The topological polar surface area (TPSA) is 38.8 Å². The number of carbonyl (C=O) groups is 1. The Bertz CT molecular complexity index is 675. The predicted octanol–water partition coefficient (Wildman–Crippen LogP) is 3.90. The summed E-state index contributed by atoms with van der Waals surface area (Å²) in [5.74, 6) is 1.70. The molecule has 1 saturated carbocycles. The van der Waals surface area contributed by atoms with Crippen molar-refractivity contribution in [2.75, 3.05) is 13.7 Å². The highest BCUT2D eigenvalue weighted by Gasteiger charge is 2.33. The van der Waals surface area contributed by atoms with Crippen molar-refractivity contribution >= 4 is 5.91 Å². The van der Waals surface area contributed by atoms with Crippen LogP contribution in [-0.2, 0) is 6.54 Å². The zero-order valence-corrected chi connectivity index (χ0v) is 14.2. The maximum Gasteiger partial charge on any atom is 0.254 e. The average Bonchev–Trinajstić information content (AvgIpc) is 3.45. The number of ether oxygens (including phenoxy) is 2. The third kappa shape index (κ3) is 3.88. The number of methoxy groups -OCH3 is 1. The summed E-state index contributed by atoms with van der Waals surface area (Å²) >= 11 is 0. The van der Waals surface area contributed by atoms with E-state index in [1.165, 1.54) is 0 Å². The Hall–Kier alpha value is -2.49. The highest BCUT2D eigenvalue weighted by atomic mass is 16.5. The van der Waals surface area contributed by atoms with Crippen LogP contribution in [0.15, 0.2) is 48.5 Å². The molecule has 0 aromatic heterocycles. The van der Waals surface area contributed by atoms with Crippen LogP contribution in [0, 0.1) is 0 Å². The van der Waals surface area contributed by atoms with Crippen LogP contribution in [0.5, 0.6) is 11.5 Å². The van der Waals surface area contributed by atoms with Gasteiger partial charge in [0.2, 0.25) is 0 Å². The van der Waals surface area contributed by atoms with Crippen molar-refractivity contribution in [3.05, 3.63) is 59.7 Å². The Balaban J connectivity index is 1.73.